The van der Waals surface area contributed by atoms with Crippen molar-refractivity contribution in [1.82, 2.24) is 9.80 Å². The second kappa shape index (κ2) is 6.64. The first-order chi connectivity index (χ1) is 11.4. The summed E-state index contributed by atoms with van der Waals surface area (Å²) in [6, 6.07) is 6.28. The van der Waals surface area contributed by atoms with Gasteiger partial charge in [-0.15, -0.1) is 0 Å². The lowest BCUT2D eigenvalue weighted by Gasteiger charge is -2.45. The molecule has 0 aromatic heterocycles. The maximum atomic E-state index is 13.5. The van der Waals surface area contributed by atoms with Gasteiger partial charge in [0, 0.05) is 37.2 Å². The predicted octanol–water partition coefficient (Wildman–Crippen LogP) is 1.61. The molecule has 7 heteroatoms. The predicted molar refractivity (Wildman–Crippen MR) is 84.4 cm³/mol. The zero-order chi connectivity index (χ0) is 17.3. The Balaban J connectivity index is 1.57. The molecule has 0 bridgehead atoms. The van der Waals surface area contributed by atoms with Gasteiger partial charge in [-0.3, -0.25) is 9.69 Å². The molecule has 2 aliphatic rings. The highest BCUT2D eigenvalue weighted by Crippen LogP contribution is 2.35. The van der Waals surface area contributed by atoms with Crippen LogP contribution in [0.3, 0.4) is 0 Å². The zero-order valence-electron chi connectivity index (χ0n) is 13.6. The van der Waals surface area contributed by atoms with Gasteiger partial charge in [-0.1, -0.05) is 0 Å². The summed E-state index contributed by atoms with van der Waals surface area (Å²) in [5.74, 6) is -2.16. The van der Waals surface area contributed by atoms with Crippen molar-refractivity contribution in [3.8, 4) is 5.75 Å². The highest BCUT2D eigenvalue weighted by Gasteiger charge is 2.49. The molecule has 1 amide bonds. The van der Waals surface area contributed by atoms with Crippen LogP contribution in [0.2, 0.25) is 0 Å². The van der Waals surface area contributed by atoms with Crippen molar-refractivity contribution in [2.24, 2.45) is 0 Å². The maximum absolute atomic E-state index is 13.5. The third-order valence-electron chi connectivity index (χ3n) is 4.66. The Bertz CT molecular complexity index is 588. The third kappa shape index (κ3) is 3.37. The minimum Gasteiger partial charge on any atom is -0.494 e. The number of nitrogens with zero attached hydrogens (tertiary/aromatic N) is 2. The van der Waals surface area contributed by atoms with Crippen LogP contribution in [0.5, 0.6) is 5.75 Å². The van der Waals surface area contributed by atoms with Gasteiger partial charge in [0.1, 0.15) is 5.75 Å². The molecule has 1 atom stereocenters. The van der Waals surface area contributed by atoms with Crippen LogP contribution in [0.1, 0.15) is 23.7 Å². The van der Waals surface area contributed by atoms with Gasteiger partial charge < -0.3 is 14.7 Å². The number of carbonyl (C=O) groups excluding carboxylic acids is 1. The highest BCUT2D eigenvalue weighted by atomic mass is 19.3. The fourth-order valence-electron chi connectivity index (χ4n) is 3.39. The van der Waals surface area contributed by atoms with Crippen LogP contribution < -0.4 is 4.74 Å². The minimum atomic E-state index is -2.76. The lowest BCUT2D eigenvalue weighted by atomic mass is 10.0. The number of aliphatic hydroxyl groups excluding tert-OH is 1. The monoisotopic (exact) mass is 340 g/mol. The van der Waals surface area contributed by atoms with Crippen molar-refractivity contribution in [2.75, 3.05) is 32.8 Å². The number of amides is 1. The highest BCUT2D eigenvalue weighted by molar-refractivity contribution is 5.94. The molecule has 2 heterocycles. The van der Waals surface area contributed by atoms with Crippen LogP contribution in [0.25, 0.3) is 0 Å². The fraction of sp³-hybridized carbons (Fsp3) is 0.588. The number of likely N-dealkylation sites (tertiary alicyclic amines) is 2. The molecule has 1 aromatic carbocycles. The molecule has 0 saturated carbocycles. The third-order valence-corrected chi connectivity index (χ3v) is 4.66. The summed E-state index contributed by atoms with van der Waals surface area (Å²) in [5.41, 5.74) is 0.558. The standard InChI is InChI=1S/C17H22F2N2O3/c1-2-24-15-5-3-12(4-6-15)16(23)20-8-14(9-20)21-11-17(18,19)7-13(21)10-22/h3-6,13-14,22H,2,7-11H2,1H3/t13-/m0/s1. The van der Waals surface area contributed by atoms with Crippen molar-refractivity contribution >= 4 is 5.91 Å². The first-order valence-electron chi connectivity index (χ1n) is 8.20. The molecule has 0 radical (unpaired) electrons. The van der Waals surface area contributed by atoms with Crippen LogP contribution in [-0.2, 0) is 0 Å². The SMILES string of the molecule is CCOc1ccc(C(=O)N2CC(N3CC(F)(F)C[C@H]3CO)C2)cc1. The molecule has 0 spiro atoms. The molecule has 0 aliphatic carbocycles. The van der Waals surface area contributed by atoms with Gasteiger partial charge in [0.15, 0.2) is 0 Å². The number of hydrogen-bond donors (Lipinski definition) is 1. The van der Waals surface area contributed by atoms with Crippen molar-refractivity contribution in [1.29, 1.82) is 0 Å². The average Bonchev–Trinajstić information content (AvgIpc) is 2.81. The van der Waals surface area contributed by atoms with E-state index in [0.29, 0.717) is 31.0 Å². The summed E-state index contributed by atoms with van der Waals surface area (Å²) in [4.78, 5) is 15.7. The van der Waals surface area contributed by atoms with Crippen LogP contribution in [-0.4, -0.2) is 71.7 Å². The molecule has 5 nitrogen and oxygen atoms in total. The molecular formula is C17H22F2N2O3. The number of hydrogen-bond acceptors (Lipinski definition) is 4. The topological polar surface area (TPSA) is 53.0 Å². The van der Waals surface area contributed by atoms with Crippen molar-refractivity contribution in [3.63, 3.8) is 0 Å². The van der Waals surface area contributed by atoms with E-state index in [1.54, 1.807) is 34.1 Å². The van der Waals surface area contributed by atoms with Gasteiger partial charge in [0.05, 0.1) is 19.8 Å². The van der Waals surface area contributed by atoms with Gasteiger partial charge in [-0.05, 0) is 31.2 Å². The zero-order valence-corrected chi connectivity index (χ0v) is 13.6. The first-order valence-corrected chi connectivity index (χ1v) is 8.20. The van der Waals surface area contributed by atoms with Gasteiger partial charge in [0.25, 0.3) is 11.8 Å². The van der Waals surface area contributed by atoms with Crippen LogP contribution in [0.4, 0.5) is 8.78 Å². The Hall–Kier alpha value is -1.73. The first kappa shape index (κ1) is 17.1. The lowest BCUT2D eigenvalue weighted by Crippen LogP contribution is -2.62. The number of rotatable bonds is 5. The van der Waals surface area contributed by atoms with Gasteiger partial charge >= 0.3 is 0 Å². The average molecular weight is 340 g/mol. The normalized spacial score (nSPS) is 24.0. The van der Waals surface area contributed by atoms with E-state index in [0.717, 1.165) is 0 Å². The molecule has 3 rings (SSSR count). The summed E-state index contributed by atoms with van der Waals surface area (Å²) in [5, 5.41) is 9.29. The number of benzene rings is 1. The Morgan fingerprint density at radius 3 is 2.58 bits per heavy atom. The molecular weight excluding hydrogens is 318 g/mol. The van der Waals surface area contributed by atoms with E-state index in [4.69, 9.17) is 4.74 Å². The largest absolute Gasteiger partial charge is 0.494 e. The second-order valence-electron chi connectivity index (χ2n) is 6.39. The number of aliphatic hydroxyl groups is 1. The van der Waals surface area contributed by atoms with Crippen LogP contribution in [0, 0.1) is 0 Å². The Labute approximate surface area is 139 Å². The van der Waals surface area contributed by atoms with E-state index in [1.165, 1.54) is 0 Å². The Kier molecular flexibility index (Phi) is 4.73. The molecule has 2 saturated heterocycles. The number of alkyl halides is 2. The van der Waals surface area contributed by atoms with E-state index in [9.17, 15) is 18.7 Å². The summed E-state index contributed by atoms with van der Waals surface area (Å²) in [6.07, 6.45) is -0.313. The quantitative estimate of drug-likeness (QED) is 0.885. The molecule has 2 fully saturated rings. The van der Waals surface area contributed by atoms with E-state index >= 15 is 0 Å². The second-order valence-corrected chi connectivity index (χ2v) is 6.39. The lowest BCUT2D eigenvalue weighted by molar-refractivity contribution is -0.0125. The van der Waals surface area contributed by atoms with E-state index in [2.05, 4.69) is 0 Å². The summed E-state index contributed by atoms with van der Waals surface area (Å²) in [7, 11) is 0. The molecule has 1 N–H and O–H groups in total. The Morgan fingerprint density at radius 1 is 1.33 bits per heavy atom. The molecule has 132 valence electrons. The smallest absolute Gasteiger partial charge is 0.262 e. The summed E-state index contributed by atoms with van der Waals surface area (Å²) < 4.78 is 32.4. The van der Waals surface area contributed by atoms with E-state index in [-0.39, 0.29) is 31.5 Å². The van der Waals surface area contributed by atoms with Crippen molar-refractivity contribution in [2.45, 2.75) is 31.4 Å². The van der Waals surface area contributed by atoms with Crippen LogP contribution in [0.15, 0.2) is 24.3 Å². The van der Waals surface area contributed by atoms with Gasteiger partial charge in [-0.25, -0.2) is 8.78 Å². The van der Waals surface area contributed by atoms with Gasteiger partial charge in [-0.2, -0.15) is 0 Å². The Morgan fingerprint density at radius 2 is 2.00 bits per heavy atom. The molecule has 24 heavy (non-hydrogen) atoms. The summed E-state index contributed by atoms with van der Waals surface area (Å²) >= 11 is 0. The molecule has 1 aromatic rings. The van der Waals surface area contributed by atoms with Gasteiger partial charge in [0.2, 0.25) is 0 Å². The molecule has 2 aliphatic heterocycles. The van der Waals surface area contributed by atoms with E-state index < -0.39 is 12.0 Å². The number of halogens is 2. The van der Waals surface area contributed by atoms with Crippen LogP contribution >= 0.6 is 0 Å². The van der Waals surface area contributed by atoms with Crippen molar-refractivity contribution < 1.29 is 23.4 Å². The minimum absolute atomic E-state index is 0.109. The number of carbonyl (C=O) groups is 1. The fourth-order valence-corrected chi connectivity index (χ4v) is 3.39. The van der Waals surface area contributed by atoms with E-state index in [1.807, 2.05) is 6.92 Å². The maximum Gasteiger partial charge on any atom is 0.262 e. The number of ether oxygens (including phenoxy) is 1. The molecule has 0 unspecified atom stereocenters. The van der Waals surface area contributed by atoms with Crippen molar-refractivity contribution in [3.05, 3.63) is 29.8 Å². The summed E-state index contributed by atoms with van der Waals surface area (Å²) in [6.45, 7) is 2.67.